The molecule has 0 spiro atoms. The van der Waals surface area contributed by atoms with Gasteiger partial charge in [0.25, 0.3) is 17.5 Å². The highest BCUT2D eigenvalue weighted by atomic mass is 32.1. The highest BCUT2D eigenvalue weighted by Gasteiger charge is 2.21. The number of hydrogen-bond donors (Lipinski definition) is 2. The van der Waals surface area contributed by atoms with Crippen LogP contribution in [0.15, 0.2) is 30.3 Å². The first-order valence-electron chi connectivity index (χ1n) is 7.90. The third-order valence-electron chi connectivity index (χ3n) is 4.16. The molecular weight excluding hydrogens is 342 g/mol. The predicted octanol–water partition coefficient (Wildman–Crippen LogP) is 2.86. The molecule has 8 heteroatoms. The number of carbonyl (C=O) groups is 2. The zero-order valence-electron chi connectivity index (χ0n) is 13.6. The molecule has 0 unspecified atom stereocenters. The maximum Gasteiger partial charge on any atom is 0.279 e. The number of carbonyl (C=O) groups excluding carboxylic acids is 2. The van der Waals surface area contributed by atoms with Crippen molar-refractivity contribution in [3.05, 3.63) is 61.3 Å². The van der Waals surface area contributed by atoms with E-state index in [1.807, 2.05) is 6.07 Å². The number of nitrogens with zero attached hydrogens (tertiary/aromatic N) is 1. The van der Waals surface area contributed by atoms with Crippen LogP contribution in [0.4, 0.5) is 5.69 Å². The van der Waals surface area contributed by atoms with E-state index in [1.165, 1.54) is 40.0 Å². The topological polar surface area (TPSA) is 101 Å². The van der Waals surface area contributed by atoms with Crippen LogP contribution in [0, 0.1) is 16.0 Å². The monoisotopic (exact) mass is 359 g/mol. The number of hydrazine groups is 1. The number of thiophene rings is 1. The SMILES string of the molecule is C[C@@H]1CCc2sc(C(=O)NNC(=O)c3cccc([N+](=O)[O-])c3)cc2C1. The van der Waals surface area contributed by atoms with Crippen LogP contribution in [0.2, 0.25) is 0 Å². The Morgan fingerprint density at radius 1 is 1.24 bits per heavy atom. The van der Waals surface area contributed by atoms with Gasteiger partial charge in [-0.3, -0.25) is 30.6 Å². The summed E-state index contributed by atoms with van der Waals surface area (Å²) in [4.78, 5) is 36.2. The average Bonchev–Trinajstić information content (AvgIpc) is 3.02. The van der Waals surface area contributed by atoms with Crippen molar-refractivity contribution in [3.63, 3.8) is 0 Å². The summed E-state index contributed by atoms with van der Waals surface area (Å²) in [7, 11) is 0. The molecule has 0 saturated carbocycles. The largest absolute Gasteiger partial charge is 0.279 e. The number of nitrogens with one attached hydrogen (secondary N) is 2. The molecule has 1 aliphatic carbocycles. The summed E-state index contributed by atoms with van der Waals surface area (Å²) in [5, 5.41) is 10.8. The van der Waals surface area contributed by atoms with E-state index in [-0.39, 0.29) is 17.2 Å². The second-order valence-electron chi connectivity index (χ2n) is 6.12. The number of hydrogen-bond acceptors (Lipinski definition) is 5. The molecule has 1 atom stereocenters. The summed E-state index contributed by atoms with van der Waals surface area (Å²) in [6, 6.07) is 7.20. The average molecular weight is 359 g/mol. The van der Waals surface area contributed by atoms with Crippen molar-refractivity contribution in [2.75, 3.05) is 0 Å². The molecule has 2 N–H and O–H groups in total. The molecule has 3 rings (SSSR count). The van der Waals surface area contributed by atoms with Gasteiger partial charge in [0, 0.05) is 22.6 Å². The van der Waals surface area contributed by atoms with Crippen molar-refractivity contribution < 1.29 is 14.5 Å². The second-order valence-corrected chi connectivity index (χ2v) is 7.26. The van der Waals surface area contributed by atoms with E-state index in [0.717, 1.165) is 25.3 Å². The Kier molecular flexibility index (Phi) is 4.80. The van der Waals surface area contributed by atoms with Gasteiger partial charge in [0.1, 0.15) is 0 Å². The number of rotatable bonds is 3. The number of amides is 2. The molecule has 1 aromatic heterocycles. The molecule has 0 bridgehead atoms. The first kappa shape index (κ1) is 17.1. The lowest BCUT2D eigenvalue weighted by atomic mass is 9.90. The minimum absolute atomic E-state index is 0.105. The van der Waals surface area contributed by atoms with Crippen LogP contribution in [-0.2, 0) is 12.8 Å². The third-order valence-corrected chi connectivity index (χ3v) is 5.40. The summed E-state index contributed by atoms with van der Waals surface area (Å²) >= 11 is 1.45. The van der Waals surface area contributed by atoms with Gasteiger partial charge in [-0.05, 0) is 42.9 Å². The molecule has 130 valence electrons. The van der Waals surface area contributed by atoms with Gasteiger partial charge in [-0.1, -0.05) is 13.0 Å². The van der Waals surface area contributed by atoms with E-state index in [0.29, 0.717) is 10.8 Å². The fraction of sp³-hybridized carbons (Fsp3) is 0.294. The number of nitro benzene ring substituents is 1. The second kappa shape index (κ2) is 7.02. The van der Waals surface area contributed by atoms with Gasteiger partial charge in [-0.25, -0.2) is 0 Å². The zero-order valence-corrected chi connectivity index (χ0v) is 14.4. The third kappa shape index (κ3) is 3.85. The van der Waals surface area contributed by atoms with Gasteiger partial charge in [0.05, 0.1) is 9.80 Å². The normalized spacial score (nSPS) is 16.0. The quantitative estimate of drug-likeness (QED) is 0.650. The Labute approximate surface area is 148 Å². The molecule has 0 radical (unpaired) electrons. The van der Waals surface area contributed by atoms with Crippen molar-refractivity contribution in [1.29, 1.82) is 0 Å². The molecule has 0 fully saturated rings. The molecule has 0 saturated heterocycles. The molecule has 25 heavy (non-hydrogen) atoms. The van der Waals surface area contributed by atoms with Gasteiger partial charge >= 0.3 is 0 Å². The minimum Gasteiger partial charge on any atom is -0.267 e. The Balaban J connectivity index is 1.63. The van der Waals surface area contributed by atoms with Gasteiger partial charge in [0.2, 0.25) is 0 Å². The molecule has 2 amide bonds. The van der Waals surface area contributed by atoms with Gasteiger partial charge in [-0.2, -0.15) is 0 Å². The summed E-state index contributed by atoms with van der Waals surface area (Å²) in [6.07, 6.45) is 3.08. The number of aryl methyl sites for hydroxylation is 1. The summed E-state index contributed by atoms with van der Waals surface area (Å²) in [6.45, 7) is 2.19. The molecule has 1 aliphatic rings. The van der Waals surface area contributed by atoms with Crippen LogP contribution < -0.4 is 10.9 Å². The molecule has 2 aromatic rings. The Morgan fingerprint density at radius 2 is 2.00 bits per heavy atom. The van der Waals surface area contributed by atoms with E-state index >= 15 is 0 Å². The van der Waals surface area contributed by atoms with Crippen LogP contribution in [0.3, 0.4) is 0 Å². The standard InChI is InChI=1S/C17H17N3O4S/c1-10-5-6-14-12(7-10)9-15(25-14)17(22)19-18-16(21)11-3-2-4-13(8-11)20(23)24/h2-4,8-10H,5-7H2,1H3,(H,18,21)(H,19,22)/t10-/m1/s1. The van der Waals surface area contributed by atoms with E-state index in [2.05, 4.69) is 17.8 Å². The first-order valence-corrected chi connectivity index (χ1v) is 8.72. The summed E-state index contributed by atoms with van der Waals surface area (Å²) < 4.78 is 0. The summed E-state index contributed by atoms with van der Waals surface area (Å²) in [5.41, 5.74) is 5.80. The number of non-ortho nitro benzene ring substituents is 1. The van der Waals surface area contributed by atoms with Crippen molar-refractivity contribution in [2.45, 2.75) is 26.2 Å². The lowest BCUT2D eigenvalue weighted by molar-refractivity contribution is -0.384. The zero-order chi connectivity index (χ0) is 18.0. The van der Waals surface area contributed by atoms with Crippen molar-refractivity contribution in [1.82, 2.24) is 10.9 Å². The fourth-order valence-corrected chi connectivity index (χ4v) is 3.93. The molecule has 0 aliphatic heterocycles. The summed E-state index contributed by atoms with van der Waals surface area (Å²) in [5.74, 6) is -0.371. The van der Waals surface area contributed by atoms with Crippen LogP contribution in [0.1, 0.15) is 43.8 Å². The van der Waals surface area contributed by atoms with E-state index in [9.17, 15) is 19.7 Å². The molecular formula is C17H17N3O4S. The molecule has 7 nitrogen and oxygen atoms in total. The van der Waals surface area contributed by atoms with Crippen molar-refractivity contribution in [2.24, 2.45) is 5.92 Å². The number of benzene rings is 1. The van der Waals surface area contributed by atoms with E-state index in [4.69, 9.17) is 0 Å². The Morgan fingerprint density at radius 3 is 2.76 bits per heavy atom. The predicted molar refractivity (Wildman–Crippen MR) is 93.5 cm³/mol. The number of fused-ring (bicyclic) bond motifs is 1. The van der Waals surface area contributed by atoms with E-state index < -0.39 is 10.8 Å². The van der Waals surface area contributed by atoms with E-state index in [1.54, 1.807) is 0 Å². The Bertz CT molecular complexity index is 846. The van der Waals surface area contributed by atoms with Crippen molar-refractivity contribution >= 4 is 28.8 Å². The maximum absolute atomic E-state index is 12.2. The Hall–Kier alpha value is -2.74. The van der Waals surface area contributed by atoms with Crippen LogP contribution in [-0.4, -0.2) is 16.7 Å². The maximum atomic E-state index is 12.2. The molecule has 1 aromatic carbocycles. The fourth-order valence-electron chi connectivity index (χ4n) is 2.83. The van der Waals surface area contributed by atoms with Crippen LogP contribution in [0.25, 0.3) is 0 Å². The molecule has 1 heterocycles. The van der Waals surface area contributed by atoms with Crippen LogP contribution in [0.5, 0.6) is 0 Å². The number of nitro groups is 1. The van der Waals surface area contributed by atoms with Gasteiger partial charge in [-0.15, -0.1) is 11.3 Å². The lowest BCUT2D eigenvalue weighted by Gasteiger charge is -2.16. The highest BCUT2D eigenvalue weighted by molar-refractivity contribution is 7.14. The van der Waals surface area contributed by atoms with Crippen LogP contribution >= 0.6 is 11.3 Å². The minimum atomic E-state index is -0.605. The first-order chi connectivity index (χ1) is 11.9. The lowest BCUT2D eigenvalue weighted by Crippen LogP contribution is -2.41. The van der Waals surface area contributed by atoms with Crippen molar-refractivity contribution in [3.8, 4) is 0 Å². The smallest absolute Gasteiger partial charge is 0.267 e. The highest BCUT2D eigenvalue weighted by Crippen LogP contribution is 2.32. The van der Waals surface area contributed by atoms with Gasteiger partial charge in [0.15, 0.2) is 0 Å². The van der Waals surface area contributed by atoms with Gasteiger partial charge < -0.3 is 0 Å².